The van der Waals surface area contributed by atoms with E-state index in [1.807, 2.05) is 0 Å². The van der Waals surface area contributed by atoms with E-state index in [1.165, 1.54) is 56.0 Å². The summed E-state index contributed by atoms with van der Waals surface area (Å²) < 4.78 is 4.94. The molecule has 0 saturated carbocycles. The number of benzene rings is 3. The van der Waals surface area contributed by atoms with Crippen LogP contribution in [-0.2, 0) is 6.54 Å². The Kier molecular flexibility index (Phi) is 4.77. The summed E-state index contributed by atoms with van der Waals surface area (Å²) in [5.74, 6) is 2.20. The molecule has 170 valence electrons. The van der Waals surface area contributed by atoms with Crippen LogP contribution < -0.4 is 14.8 Å². The van der Waals surface area contributed by atoms with Crippen molar-refractivity contribution < 1.29 is 4.48 Å². The van der Waals surface area contributed by atoms with Crippen molar-refractivity contribution in [3.05, 3.63) is 94.8 Å². The second-order valence-corrected chi connectivity index (χ2v) is 10.6. The van der Waals surface area contributed by atoms with Crippen LogP contribution in [0.4, 0.5) is 11.4 Å². The van der Waals surface area contributed by atoms with Crippen molar-refractivity contribution in [1.29, 1.82) is 0 Å². The number of hydrogen-bond donors (Lipinski definition) is 0. The Labute approximate surface area is 203 Å². The highest BCUT2D eigenvalue weighted by Crippen LogP contribution is 2.47. The summed E-state index contributed by atoms with van der Waals surface area (Å²) in [4.78, 5) is 2.67. The molecule has 0 aliphatic carbocycles. The first-order valence-electron chi connectivity index (χ1n) is 12.6. The average Bonchev–Trinajstić information content (AvgIpc) is 3.38. The van der Waals surface area contributed by atoms with E-state index in [9.17, 15) is 0 Å². The fourth-order valence-electron chi connectivity index (χ4n) is 6.19. The number of aryl methyl sites for hydroxylation is 2. The first kappa shape index (κ1) is 21.3. The molecule has 1 aromatic heterocycles. The molecule has 4 heteroatoms. The molecule has 3 heterocycles. The molecular weight excluding hydrogens is 413 g/mol. The highest BCUT2D eigenvalue weighted by atomic mass is 15.3. The van der Waals surface area contributed by atoms with Gasteiger partial charge >= 0.3 is 6.98 Å². The molecule has 0 radical (unpaired) electrons. The maximum Gasteiger partial charge on any atom is 0.542 e. The smallest absolute Gasteiger partial charge is 0.338 e. The number of imidazole rings is 1. The first-order chi connectivity index (χ1) is 16.4. The fraction of sp³-hybridized carbons (Fsp3) is 0.300. The summed E-state index contributed by atoms with van der Waals surface area (Å²) in [6.07, 6.45) is 4.56. The molecule has 0 spiro atoms. The van der Waals surface area contributed by atoms with Gasteiger partial charge in [0.15, 0.2) is 0 Å². The Bertz CT molecular complexity index is 1380. The van der Waals surface area contributed by atoms with Crippen LogP contribution in [0, 0.1) is 13.8 Å². The van der Waals surface area contributed by atoms with Gasteiger partial charge in [0.1, 0.15) is 18.9 Å². The lowest BCUT2D eigenvalue weighted by atomic mass is 9.59. The van der Waals surface area contributed by atoms with E-state index in [0.717, 1.165) is 6.54 Å². The van der Waals surface area contributed by atoms with E-state index < -0.39 is 0 Å². The maximum absolute atomic E-state index is 2.67. The van der Waals surface area contributed by atoms with Crippen LogP contribution in [0.1, 0.15) is 67.3 Å². The Hall–Kier alpha value is -3.27. The lowest BCUT2D eigenvalue weighted by Gasteiger charge is -2.38. The predicted molar refractivity (Wildman–Crippen MR) is 143 cm³/mol. The van der Waals surface area contributed by atoms with Gasteiger partial charge in [-0.05, 0) is 54.0 Å². The van der Waals surface area contributed by atoms with Gasteiger partial charge in [0.2, 0.25) is 0 Å². The van der Waals surface area contributed by atoms with Gasteiger partial charge in [-0.15, -0.1) is 0 Å². The normalized spacial score (nSPS) is 13.9. The Morgan fingerprint density at radius 3 is 2.09 bits per heavy atom. The SMILES string of the molecule is Cc1cccc(C)c1B1N(c2c(C(C)C)cccc2C(C)C)c2cccc3c2-c2n(cc[n+]21)C3. The summed E-state index contributed by atoms with van der Waals surface area (Å²) in [7, 11) is 0. The van der Waals surface area contributed by atoms with E-state index in [-0.39, 0.29) is 6.98 Å². The monoisotopic (exact) mass is 446 g/mol. The number of aromatic nitrogens is 2. The summed E-state index contributed by atoms with van der Waals surface area (Å²) in [6, 6.07) is 20.5. The average molecular weight is 446 g/mol. The molecule has 2 aliphatic heterocycles. The molecule has 0 fully saturated rings. The van der Waals surface area contributed by atoms with Gasteiger partial charge in [-0.2, -0.15) is 0 Å². The van der Waals surface area contributed by atoms with Crippen molar-refractivity contribution in [3.63, 3.8) is 0 Å². The zero-order chi connectivity index (χ0) is 23.7. The van der Waals surface area contributed by atoms with E-state index in [0.29, 0.717) is 11.8 Å². The maximum atomic E-state index is 2.67. The number of para-hydroxylation sites is 1. The molecule has 0 bridgehead atoms. The van der Waals surface area contributed by atoms with Crippen molar-refractivity contribution in [2.45, 2.75) is 59.9 Å². The summed E-state index contributed by atoms with van der Waals surface area (Å²) in [6.45, 7) is 14.8. The summed E-state index contributed by atoms with van der Waals surface area (Å²) in [5.41, 5.74) is 12.4. The quantitative estimate of drug-likeness (QED) is 0.306. The van der Waals surface area contributed by atoms with Gasteiger partial charge in [0.05, 0.1) is 5.56 Å². The molecule has 2 aliphatic rings. The highest BCUT2D eigenvalue weighted by molar-refractivity contribution is 6.72. The van der Waals surface area contributed by atoms with Crippen LogP contribution in [0.15, 0.2) is 67.0 Å². The molecule has 0 amide bonds. The van der Waals surface area contributed by atoms with Gasteiger partial charge in [-0.3, -0.25) is 4.48 Å². The van der Waals surface area contributed by atoms with Crippen LogP contribution in [0.5, 0.6) is 0 Å². The van der Waals surface area contributed by atoms with Gasteiger partial charge in [0, 0.05) is 22.4 Å². The highest BCUT2D eigenvalue weighted by Gasteiger charge is 2.50. The van der Waals surface area contributed by atoms with Crippen molar-refractivity contribution in [2.24, 2.45) is 0 Å². The molecule has 0 atom stereocenters. The van der Waals surface area contributed by atoms with E-state index in [4.69, 9.17) is 0 Å². The molecule has 0 N–H and O–H groups in total. The predicted octanol–water partition coefficient (Wildman–Crippen LogP) is 6.06. The molecule has 0 unspecified atom stereocenters. The first-order valence-corrected chi connectivity index (χ1v) is 12.6. The van der Waals surface area contributed by atoms with Crippen molar-refractivity contribution in [3.8, 4) is 11.4 Å². The molecule has 34 heavy (non-hydrogen) atoms. The zero-order valence-electron chi connectivity index (χ0n) is 21.1. The molecular formula is C30H33BN3+. The van der Waals surface area contributed by atoms with Crippen LogP contribution in [-0.4, -0.2) is 11.5 Å². The standard InChI is InChI=1S/C30H33BN3/c1-19(2)24-13-9-14-25(20(3)4)29(24)34-26-15-8-12-23-18-32-16-17-33(30(32)27(23)26)31(34)28-21(5)10-7-11-22(28)6/h7-17,19-20H,18H2,1-6H3/q+1. The number of rotatable bonds is 4. The third kappa shape index (κ3) is 2.87. The molecule has 4 aromatic rings. The Balaban J connectivity index is 1.76. The van der Waals surface area contributed by atoms with Gasteiger partial charge < -0.3 is 4.81 Å². The Morgan fingerprint density at radius 1 is 0.824 bits per heavy atom. The van der Waals surface area contributed by atoms with Gasteiger partial charge in [0.25, 0.3) is 5.82 Å². The largest absolute Gasteiger partial charge is 0.542 e. The fourth-order valence-corrected chi connectivity index (χ4v) is 6.19. The molecule has 3 nitrogen and oxygen atoms in total. The minimum absolute atomic E-state index is 0.0655. The molecule has 0 saturated heterocycles. The van der Waals surface area contributed by atoms with Gasteiger partial charge in [-0.25, -0.2) is 4.57 Å². The van der Waals surface area contributed by atoms with Crippen molar-refractivity contribution in [1.82, 2.24) is 4.57 Å². The van der Waals surface area contributed by atoms with Crippen LogP contribution >= 0.6 is 0 Å². The van der Waals surface area contributed by atoms with Crippen LogP contribution in [0.3, 0.4) is 0 Å². The second kappa shape index (κ2) is 7.63. The van der Waals surface area contributed by atoms with Crippen LogP contribution in [0.2, 0.25) is 0 Å². The van der Waals surface area contributed by atoms with E-state index >= 15 is 0 Å². The number of hydrogen-bond acceptors (Lipinski definition) is 1. The third-order valence-electron chi connectivity index (χ3n) is 7.77. The van der Waals surface area contributed by atoms with E-state index in [2.05, 4.69) is 122 Å². The topological polar surface area (TPSA) is 12.1 Å². The Morgan fingerprint density at radius 2 is 1.44 bits per heavy atom. The number of nitrogens with zero attached hydrogens (tertiary/aromatic N) is 3. The van der Waals surface area contributed by atoms with E-state index in [1.54, 1.807) is 0 Å². The minimum atomic E-state index is 0.0655. The van der Waals surface area contributed by atoms with Crippen molar-refractivity contribution in [2.75, 3.05) is 4.81 Å². The van der Waals surface area contributed by atoms with Gasteiger partial charge in [-0.1, -0.05) is 76.2 Å². The second-order valence-electron chi connectivity index (χ2n) is 10.6. The summed E-state index contributed by atoms with van der Waals surface area (Å²) >= 11 is 0. The molecule has 6 rings (SSSR count). The lowest BCUT2D eigenvalue weighted by Crippen LogP contribution is -2.70. The minimum Gasteiger partial charge on any atom is -0.338 e. The zero-order valence-corrected chi connectivity index (χ0v) is 21.1. The summed E-state index contributed by atoms with van der Waals surface area (Å²) in [5, 5.41) is 0. The lowest BCUT2D eigenvalue weighted by molar-refractivity contribution is -0.523. The third-order valence-corrected chi connectivity index (χ3v) is 7.77. The number of anilines is 2. The molecule has 3 aromatic carbocycles. The van der Waals surface area contributed by atoms with Crippen LogP contribution in [0.25, 0.3) is 11.4 Å². The van der Waals surface area contributed by atoms with Crippen molar-refractivity contribution >= 4 is 23.8 Å².